The van der Waals surface area contributed by atoms with Crippen LogP contribution in [0.3, 0.4) is 0 Å². The second-order valence-corrected chi connectivity index (χ2v) is 6.87. The number of benzene rings is 2. The van der Waals surface area contributed by atoms with Gasteiger partial charge in [-0.3, -0.25) is 4.79 Å². The minimum atomic E-state index is -0.135. The standard InChI is InChI=1S/C22H28N2O3/c1-16(2)14-26-19-11-9-18(10-12-19)24-22(25)13-23-20-7-5-6-8-21(20)27-15-17(3)4/h5-12,17,23H,1,13-15H2,2-4H3,(H,24,25). The predicted molar refractivity (Wildman–Crippen MR) is 111 cm³/mol. The van der Waals surface area contributed by atoms with Gasteiger partial charge < -0.3 is 20.1 Å². The number of amides is 1. The van der Waals surface area contributed by atoms with Crippen molar-refractivity contribution in [2.75, 3.05) is 30.4 Å². The summed E-state index contributed by atoms with van der Waals surface area (Å²) in [5.41, 5.74) is 2.47. The molecule has 0 saturated carbocycles. The zero-order chi connectivity index (χ0) is 19.6. The molecule has 0 spiro atoms. The summed E-state index contributed by atoms with van der Waals surface area (Å²) in [5, 5.41) is 5.99. The molecule has 0 fully saturated rings. The van der Waals surface area contributed by atoms with Gasteiger partial charge in [0.15, 0.2) is 0 Å². The molecule has 144 valence electrons. The van der Waals surface area contributed by atoms with Gasteiger partial charge in [0.1, 0.15) is 18.1 Å². The number of hydrogen-bond acceptors (Lipinski definition) is 4. The van der Waals surface area contributed by atoms with E-state index in [4.69, 9.17) is 9.47 Å². The van der Waals surface area contributed by atoms with Gasteiger partial charge in [0.05, 0.1) is 18.8 Å². The smallest absolute Gasteiger partial charge is 0.243 e. The van der Waals surface area contributed by atoms with Gasteiger partial charge >= 0.3 is 0 Å². The van der Waals surface area contributed by atoms with E-state index in [0.717, 1.165) is 22.8 Å². The van der Waals surface area contributed by atoms with Crippen molar-refractivity contribution in [1.82, 2.24) is 0 Å². The highest BCUT2D eigenvalue weighted by molar-refractivity contribution is 5.94. The number of ether oxygens (including phenoxy) is 2. The Balaban J connectivity index is 1.85. The molecule has 2 N–H and O–H groups in total. The van der Waals surface area contributed by atoms with E-state index < -0.39 is 0 Å². The molecule has 2 rings (SSSR count). The highest BCUT2D eigenvalue weighted by atomic mass is 16.5. The third kappa shape index (κ3) is 7.44. The first kappa shape index (κ1) is 20.4. The van der Waals surface area contributed by atoms with E-state index in [0.29, 0.717) is 24.8 Å². The molecule has 27 heavy (non-hydrogen) atoms. The van der Waals surface area contributed by atoms with Crippen molar-refractivity contribution in [2.24, 2.45) is 5.92 Å². The molecule has 0 radical (unpaired) electrons. The summed E-state index contributed by atoms with van der Waals surface area (Å²) in [6.45, 7) is 11.2. The summed E-state index contributed by atoms with van der Waals surface area (Å²) in [6.07, 6.45) is 0. The third-order valence-electron chi connectivity index (χ3n) is 3.52. The molecule has 1 amide bonds. The number of carbonyl (C=O) groups excluding carboxylic acids is 1. The fourth-order valence-electron chi connectivity index (χ4n) is 2.22. The van der Waals surface area contributed by atoms with Crippen LogP contribution in [0.5, 0.6) is 11.5 Å². The largest absolute Gasteiger partial charge is 0.491 e. The molecule has 0 aliphatic rings. The zero-order valence-electron chi connectivity index (χ0n) is 16.2. The Hall–Kier alpha value is -2.95. The first-order chi connectivity index (χ1) is 12.9. The van der Waals surface area contributed by atoms with Crippen LogP contribution in [0.15, 0.2) is 60.7 Å². The van der Waals surface area contributed by atoms with Gasteiger partial charge in [0.2, 0.25) is 5.91 Å². The van der Waals surface area contributed by atoms with Gasteiger partial charge in [0.25, 0.3) is 0 Å². The number of carbonyl (C=O) groups is 1. The fraction of sp³-hybridized carbons (Fsp3) is 0.318. The minimum Gasteiger partial charge on any atom is -0.491 e. The van der Waals surface area contributed by atoms with Crippen LogP contribution < -0.4 is 20.1 Å². The van der Waals surface area contributed by atoms with Crippen LogP contribution in [-0.4, -0.2) is 25.7 Å². The van der Waals surface area contributed by atoms with Gasteiger partial charge in [0, 0.05) is 5.69 Å². The third-order valence-corrected chi connectivity index (χ3v) is 3.52. The summed E-state index contributed by atoms with van der Waals surface area (Å²) >= 11 is 0. The Labute approximate surface area is 161 Å². The van der Waals surface area contributed by atoms with Crippen molar-refractivity contribution in [3.63, 3.8) is 0 Å². The van der Waals surface area contributed by atoms with E-state index in [2.05, 4.69) is 31.1 Å². The molecule has 0 aliphatic carbocycles. The second kappa shape index (κ2) is 10.3. The van der Waals surface area contributed by atoms with Crippen LogP contribution >= 0.6 is 0 Å². The van der Waals surface area contributed by atoms with Crippen molar-refractivity contribution in [3.05, 3.63) is 60.7 Å². The van der Waals surface area contributed by atoms with Gasteiger partial charge in [-0.15, -0.1) is 0 Å². The Bertz CT molecular complexity index is 754. The lowest BCUT2D eigenvalue weighted by atomic mass is 10.2. The van der Waals surface area contributed by atoms with E-state index in [9.17, 15) is 4.79 Å². The molecule has 0 bridgehead atoms. The summed E-state index contributed by atoms with van der Waals surface area (Å²) in [6, 6.07) is 14.9. The van der Waals surface area contributed by atoms with Crippen LogP contribution in [0.25, 0.3) is 0 Å². The molecular weight excluding hydrogens is 340 g/mol. The molecule has 0 saturated heterocycles. The molecule has 2 aromatic carbocycles. The Morgan fingerprint density at radius 2 is 1.78 bits per heavy atom. The Morgan fingerprint density at radius 3 is 2.44 bits per heavy atom. The van der Waals surface area contributed by atoms with E-state index in [1.54, 1.807) is 0 Å². The molecule has 2 aromatic rings. The summed E-state index contributed by atoms with van der Waals surface area (Å²) in [4.78, 5) is 12.2. The highest BCUT2D eigenvalue weighted by Gasteiger charge is 2.07. The van der Waals surface area contributed by atoms with Crippen molar-refractivity contribution < 1.29 is 14.3 Å². The lowest BCUT2D eigenvalue weighted by Gasteiger charge is -2.14. The highest BCUT2D eigenvalue weighted by Crippen LogP contribution is 2.24. The van der Waals surface area contributed by atoms with Crippen LogP contribution in [0, 0.1) is 5.92 Å². The van der Waals surface area contributed by atoms with E-state index >= 15 is 0 Å². The number of rotatable bonds is 10. The lowest BCUT2D eigenvalue weighted by molar-refractivity contribution is -0.114. The zero-order valence-corrected chi connectivity index (χ0v) is 16.2. The Kier molecular flexibility index (Phi) is 7.74. The molecule has 0 aromatic heterocycles. The Morgan fingerprint density at radius 1 is 1.07 bits per heavy atom. The molecule has 0 heterocycles. The van der Waals surface area contributed by atoms with Gasteiger partial charge in [-0.2, -0.15) is 0 Å². The number of anilines is 2. The number of hydrogen-bond donors (Lipinski definition) is 2. The van der Waals surface area contributed by atoms with E-state index in [1.165, 1.54) is 0 Å². The van der Waals surface area contributed by atoms with Crippen molar-refractivity contribution >= 4 is 17.3 Å². The summed E-state index contributed by atoms with van der Waals surface area (Å²) in [5.74, 6) is 1.79. The normalized spacial score (nSPS) is 10.4. The quantitative estimate of drug-likeness (QED) is 0.596. The monoisotopic (exact) mass is 368 g/mol. The van der Waals surface area contributed by atoms with Crippen LogP contribution in [-0.2, 0) is 4.79 Å². The SMILES string of the molecule is C=C(C)COc1ccc(NC(=O)CNc2ccccc2OCC(C)C)cc1. The van der Waals surface area contributed by atoms with Crippen LogP contribution in [0.4, 0.5) is 11.4 Å². The fourth-order valence-corrected chi connectivity index (χ4v) is 2.22. The molecular formula is C22H28N2O3. The topological polar surface area (TPSA) is 59.6 Å². The lowest BCUT2D eigenvalue weighted by Crippen LogP contribution is -2.22. The van der Waals surface area contributed by atoms with E-state index in [1.807, 2.05) is 55.5 Å². The van der Waals surface area contributed by atoms with Gasteiger partial charge in [-0.05, 0) is 54.8 Å². The van der Waals surface area contributed by atoms with Crippen LogP contribution in [0.1, 0.15) is 20.8 Å². The van der Waals surface area contributed by atoms with Crippen molar-refractivity contribution in [1.29, 1.82) is 0 Å². The maximum atomic E-state index is 12.2. The number of para-hydroxylation sites is 2. The first-order valence-corrected chi connectivity index (χ1v) is 9.07. The summed E-state index contributed by atoms with van der Waals surface area (Å²) < 4.78 is 11.3. The molecule has 5 heteroatoms. The van der Waals surface area contributed by atoms with Gasteiger partial charge in [-0.25, -0.2) is 0 Å². The number of nitrogens with one attached hydrogen (secondary N) is 2. The molecule has 0 unspecified atom stereocenters. The summed E-state index contributed by atoms with van der Waals surface area (Å²) in [7, 11) is 0. The van der Waals surface area contributed by atoms with Crippen molar-refractivity contribution in [2.45, 2.75) is 20.8 Å². The first-order valence-electron chi connectivity index (χ1n) is 9.07. The second-order valence-electron chi connectivity index (χ2n) is 6.87. The van der Waals surface area contributed by atoms with E-state index in [-0.39, 0.29) is 12.5 Å². The van der Waals surface area contributed by atoms with Crippen LogP contribution in [0.2, 0.25) is 0 Å². The molecule has 0 atom stereocenters. The average Bonchev–Trinajstić information content (AvgIpc) is 2.64. The molecule has 5 nitrogen and oxygen atoms in total. The van der Waals surface area contributed by atoms with Crippen molar-refractivity contribution in [3.8, 4) is 11.5 Å². The minimum absolute atomic E-state index is 0.135. The maximum absolute atomic E-state index is 12.2. The van der Waals surface area contributed by atoms with Gasteiger partial charge in [-0.1, -0.05) is 32.6 Å². The maximum Gasteiger partial charge on any atom is 0.243 e. The molecule has 0 aliphatic heterocycles. The average molecular weight is 368 g/mol. The predicted octanol–water partition coefficient (Wildman–Crippen LogP) is 4.73.